The summed E-state index contributed by atoms with van der Waals surface area (Å²) in [4.78, 5) is 13.6. The molecule has 118 valence electrons. The third-order valence-electron chi connectivity index (χ3n) is 2.96. The minimum atomic E-state index is -0.281. The van der Waals surface area contributed by atoms with Crippen molar-refractivity contribution < 1.29 is 9.53 Å². The maximum atomic E-state index is 12.2. The Hall–Kier alpha value is -2.44. The normalized spacial score (nSPS) is 10.5. The van der Waals surface area contributed by atoms with E-state index in [-0.39, 0.29) is 11.9 Å². The van der Waals surface area contributed by atoms with E-state index in [9.17, 15) is 4.79 Å². The van der Waals surface area contributed by atoms with Gasteiger partial charge >= 0.3 is 0 Å². The standard InChI is InChI=1S/C15H21N5O2/c1-3-5-10-22-13-8-6-7-12(11-13)14(21)16-15-17-19-20(18-15)9-4-2/h6-8,11H,3-5,9-10H2,1-2H3,(H,16,18,21). The van der Waals surface area contributed by atoms with Crippen molar-refractivity contribution in [2.24, 2.45) is 0 Å². The van der Waals surface area contributed by atoms with Crippen LogP contribution in [-0.2, 0) is 6.54 Å². The maximum Gasteiger partial charge on any atom is 0.270 e. The number of rotatable bonds is 8. The molecule has 7 heteroatoms. The number of benzene rings is 1. The van der Waals surface area contributed by atoms with Crippen LogP contribution in [-0.4, -0.2) is 32.7 Å². The van der Waals surface area contributed by atoms with Gasteiger partial charge in [-0.1, -0.05) is 31.4 Å². The average Bonchev–Trinajstić information content (AvgIpc) is 2.95. The molecule has 1 N–H and O–H groups in total. The van der Waals surface area contributed by atoms with Gasteiger partial charge in [-0.15, -0.1) is 5.10 Å². The highest BCUT2D eigenvalue weighted by Gasteiger charge is 2.10. The van der Waals surface area contributed by atoms with Crippen LogP contribution in [0.5, 0.6) is 5.75 Å². The Morgan fingerprint density at radius 3 is 2.95 bits per heavy atom. The molecule has 0 saturated carbocycles. The van der Waals surface area contributed by atoms with E-state index in [0.717, 1.165) is 19.3 Å². The van der Waals surface area contributed by atoms with Crippen molar-refractivity contribution in [3.05, 3.63) is 29.8 Å². The quantitative estimate of drug-likeness (QED) is 0.758. The second-order valence-electron chi connectivity index (χ2n) is 4.89. The molecule has 0 radical (unpaired) electrons. The lowest BCUT2D eigenvalue weighted by molar-refractivity contribution is 0.102. The summed E-state index contributed by atoms with van der Waals surface area (Å²) >= 11 is 0. The van der Waals surface area contributed by atoms with Crippen molar-refractivity contribution in [1.29, 1.82) is 0 Å². The van der Waals surface area contributed by atoms with Crippen LogP contribution in [0.3, 0.4) is 0 Å². The molecule has 0 saturated heterocycles. The van der Waals surface area contributed by atoms with E-state index in [4.69, 9.17) is 4.74 Å². The number of amides is 1. The summed E-state index contributed by atoms with van der Waals surface area (Å²) in [6.45, 7) is 5.44. The van der Waals surface area contributed by atoms with Crippen molar-refractivity contribution >= 4 is 11.9 Å². The summed E-state index contributed by atoms with van der Waals surface area (Å²) in [7, 11) is 0. The molecule has 1 amide bonds. The fourth-order valence-electron chi connectivity index (χ4n) is 1.82. The number of hydrogen-bond donors (Lipinski definition) is 1. The minimum Gasteiger partial charge on any atom is -0.494 e. The van der Waals surface area contributed by atoms with Crippen LogP contribution in [0.25, 0.3) is 0 Å². The molecule has 0 unspecified atom stereocenters. The highest BCUT2D eigenvalue weighted by Crippen LogP contribution is 2.14. The highest BCUT2D eigenvalue weighted by atomic mass is 16.5. The van der Waals surface area contributed by atoms with Gasteiger partial charge in [0.05, 0.1) is 13.2 Å². The number of nitrogens with zero attached hydrogens (tertiary/aromatic N) is 4. The van der Waals surface area contributed by atoms with Crippen LogP contribution < -0.4 is 10.1 Å². The molecule has 0 atom stereocenters. The predicted molar refractivity (Wildman–Crippen MR) is 82.9 cm³/mol. The van der Waals surface area contributed by atoms with Crippen molar-refractivity contribution in [3.8, 4) is 5.75 Å². The van der Waals surface area contributed by atoms with Gasteiger partial charge < -0.3 is 4.74 Å². The number of anilines is 1. The van der Waals surface area contributed by atoms with Crippen molar-refractivity contribution in [2.75, 3.05) is 11.9 Å². The van der Waals surface area contributed by atoms with Gasteiger partial charge in [0, 0.05) is 5.56 Å². The lowest BCUT2D eigenvalue weighted by Gasteiger charge is -2.07. The highest BCUT2D eigenvalue weighted by molar-refractivity contribution is 6.03. The van der Waals surface area contributed by atoms with E-state index in [1.807, 2.05) is 13.0 Å². The molecule has 0 aliphatic heterocycles. The number of ether oxygens (including phenoxy) is 1. The largest absolute Gasteiger partial charge is 0.494 e. The summed E-state index contributed by atoms with van der Waals surface area (Å²) in [5, 5.41) is 14.4. The molecule has 1 heterocycles. The summed E-state index contributed by atoms with van der Waals surface area (Å²) in [6.07, 6.45) is 2.96. The predicted octanol–water partition coefficient (Wildman–Crippen LogP) is 2.51. The molecule has 0 bridgehead atoms. The van der Waals surface area contributed by atoms with Crippen LogP contribution >= 0.6 is 0 Å². The molecule has 0 fully saturated rings. The first-order valence-electron chi connectivity index (χ1n) is 7.55. The number of tetrazole rings is 1. The lowest BCUT2D eigenvalue weighted by atomic mass is 10.2. The number of carbonyl (C=O) groups is 1. The van der Waals surface area contributed by atoms with Crippen LogP contribution in [0, 0.1) is 0 Å². The molecule has 2 aromatic rings. The second kappa shape index (κ2) is 8.11. The Bertz CT molecular complexity index is 611. The van der Waals surface area contributed by atoms with Crippen molar-refractivity contribution in [2.45, 2.75) is 39.7 Å². The van der Waals surface area contributed by atoms with E-state index in [0.29, 0.717) is 24.5 Å². The molecule has 2 rings (SSSR count). The Balaban J connectivity index is 1.97. The molecule has 7 nitrogen and oxygen atoms in total. The van der Waals surface area contributed by atoms with Gasteiger partial charge in [0.1, 0.15) is 5.75 Å². The number of unbranched alkanes of at least 4 members (excludes halogenated alkanes) is 1. The van der Waals surface area contributed by atoms with Crippen LogP contribution in [0.15, 0.2) is 24.3 Å². The van der Waals surface area contributed by atoms with Gasteiger partial charge in [-0.25, -0.2) is 0 Å². The molecule has 0 aliphatic carbocycles. The van der Waals surface area contributed by atoms with E-state index < -0.39 is 0 Å². The van der Waals surface area contributed by atoms with E-state index in [2.05, 4.69) is 27.7 Å². The Morgan fingerprint density at radius 1 is 1.32 bits per heavy atom. The summed E-state index contributed by atoms with van der Waals surface area (Å²) in [5.41, 5.74) is 0.501. The molecule has 1 aromatic carbocycles. The molecular weight excluding hydrogens is 282 g/mol. The van der Waals surface area contributed by atoms with Crippen molar-refractivity contribution in [3.63, 3.8) is 0 Å². The Labute approximate surface area is 129 Å². The SMILES string of the molecule is CCCCOc1cccc(C(=O)Nc2nnn(CCC)n2)c1. The van der Waals surface area contributed by atoms with Crippen LogP contribution in [0.4, 0.5) is 5.95 Å². The third-order valence-corrected chi connectivity index (χ3v) is 2.96. The van der Waals surface area contributed by atoms with Gasteiger partial charge in [0.15, 0.2) is 0 Å². The van der Waals surface area contributed by atoms with Crippen LogP contribution in [0.1, 0.15) is 43.5 Å². The maximum absolute atomic E-state index is 12.2. The monoisotopic (exact) mass is 303 g/mol. The van der Waals surface area contributed by atoms with Crippen LogP contribution in [0.2, 0.25) is 0 Å². The summed E-state index contributed by atoms with van der Waals surface area (Å²) < 4.78 is 5.60. The molecule has 22 heavy (non-hydrogen) atoms. The smallest absolute Gasteiger partial charge is 0.270 e. The van der Waals surface area contributed by atoms with Crippen molar-refractivity contribution in [1.82, 2.24) is 20.2 Å². The van der Waals surface area contributed by atoms with Gasteiger partial charge in [-0.3, -0.25) is 10.1 Å². The number of carbonyl (C=O) groups excluding carboxylic acids is 1. The molecule has 1 aromatic heterocycles. The van der Waals surface area contributed by atoms with Gasteiger partial charge in [0.25, 0.3) is 11.9 Å². The fraction of sp³-hybridized carbons (Fsp3) is 0.467. The molecule has 0 spiro atoms. The molecule has 0 aliphatic rings. The summed E-state index contributed by atoms with van der Waals surface area (Å²) in [5.74, 6) is 0.608. The lowest BCUT2D eigenvalue weighted by Crippen LogP contribution is -2.13. The molecular formula is C15H21N5O2. The second-order valence-corrected chi connectivity index (χ2v) is 4.89. The van der Waals surface area contributed by atoms with E-state index in [1.54, 1.807) is 18.2 Å². The zero-order valence-electron chi connectivity index (χ0n) is 13.0. The third kappa shape index (κ3) is 4.54. The Morgan fingerprint density at radius 2 is 2.18 bits per heavy atom. The zero-order chi connectivity index (χ0) is 15.8. The topological polar surface area (TPSA) is 81.9 Å². The van der Waals surface area contributed by atoms with Gasteiger partial charge in [-0.05, 0) is 36.3 Å². The van der Waals surface area contributed by atoms with E-state index in [1.165, 1.54) is 4.80 Å². The van der Waals surface area contributed by atoms with E-state index >= 15 is 0 Å². The first kappa shape index (κ1) is 15.9. The average molecular weight is 303 g/mol. The number of hydrogen-bond acceptors (Lipinski definition) is 5. The zero-order valence-corrected chi connectivity index (χ0v) is 13.0. The first-order chi connectivity index (χ1) is 10.7. The first-order valence-corrected chi connectivity index (χ1v) is 7.55. The van der Waals surface area contributed by atoms with Gasteiger partial charge in [-0.2, -0.15) is 4.80 Å². The van der Waals surface area contributed by atoms with Gasteiger partial charge in [0.2, 0.25) is 0 Å². The summed E-state index contributed by atoms with van der Waals surface area (Å²) in [6, 6.07) is 7.06. The Kier molecular flexibility index (Phi) is 5.88. The number of aryl methyl sites for hydroxylation is 1. The fourth-order valence-corrected chi connectivity index (χ4v) is 1.82. The minimum absolute atomic E-state index is 0.204. The number of aromatic nitrogens is 4. The number of nitrogens with one attached hydrogen (secondary N) is 1.